The lowest BCUT2D eigenvalue weighted by Crippen LogP contribution is -2.24. The molecule has 0 saturated heterocycles. The minimum atomic E-state index is -5.08. The molecule has 4 rings (SSSR count). The highest BCUT2D eigenvalue weighted by molar-refractivity contribution is 5.95. The number of alkyl halides is 3. The van der Waals surface area contributed by atoms with Crippen LogP contribution in [0.2, 0.25) is 0 Å². The lowest BCUT2D eigenvalue weighted by Gasteiger charge is -2.19. The number of nitrogens with zero attached hydrogens (tertiary/aromatic N) is 3. The molecule has 2 aromatic heterocycles. The number of Topliss-reactive ketones (excluding diaryl/α,β-unsaturated/α-hetero) is 1. The fraction of sp³-hybridized carbons (Fsp3) is 0.348. The maximum absolute atomic E-state index is 11.7. The first kappa shape index (κ1) is 25.8. The monoisotopic (exact) mass is 492 g/mol. The lowest BCUT2D eigenvalue weighted by atomic mass is 9.95. The third-order valence-corrected chi connectivity index (χ3v) is 5.13. The van der Waals surface area contributed by atoms with Gasteiger partial charge in [-0.15, -0.1) is 0 Å². The second-order valence-corrected chi connectivity index (χ2v) is 7.55. The molecule has 1 aliphatic heterocycles. The van der Waals surface area contributed by atoms with E-state index in [4.69, 9.17) is 19.2 Å². The summed E-state index contributed by atoms with van der Waals surface area (Å²) in [6, 6.07) is 7.07. The van der Waals surface area contributed by atoms with Gasteiger partial charge >= 0.3 is 12.1 Å². The number of aromatic nitrogens is 3. The van der Waals surface area contributed by atoms with Crippen molar-refractivity contribution in [3.8, 4) is 17.1 Å². The van der Waals surface area contributed by atoms with E-state index in [0.29, 0.717) is 29.4 Å². The Kier molecular flexibility index (Phi) is 8.18. The number of carboxylic acid groups (broad SMARTS) is 1. The topological polar surface area (TPSA) is 127 Å². The third-order valence-electron chi connectivity index (χ3n) is 5.13. The van der Waals surface area contributed by atoms with Crippen molar-refractivity contribution >= 4 is 11.8 Å². The van der Waals surface area contributed by atoms with Gasteiger partial charge in [-0.3, -0.25) is 9.78 Å². The van der Waals surface area contributed by atoms with Crippen LogP contribution in [0, 0.1) is 6.92 Å². The molecule has 1 aromatic carbocycles. The van der Waals surface area contributed by atoms with Crippen molar-refractivity contribution in [2.24, 2.45) is 0 Å². The molecule has 0 bridgehead atoms. The predicted molar refractivity (Wildman–Crippen MR) is 117 cm³/mol. The Morgan fingerprint density at radius 2 is 1.91 bits per heavy atom. The molecular formula is C23H23F3N4O5. The highest BCUT2D eigenvalue weighted by Crippen LogP contribution is 2.28. The number of benzene rings is 1. The minimum Gasteiger partial charge on any atom is -0.484 e. The van der Waals surface area contributed by atoms with Crippen molar-refractivity contribution in [3.05, 3.63) is 58.7 Å². The van der Waals surface area contributed by atoms with Crippen molar-refractivity contribution in [1.82, 2.24) is 20.4 Å². The molecule has 3 aromatic rings. The van der Waals surface area contributed by atoms with Gasteiger partial charge in [0.1, 0.15) is 5.75 Å². The number of carbonyl (C=O) groups is 2. The molecule has 9 nitrogen and oxygen atoms in total. The predicted octanol–water partition coefficient (Wildman–Crippen LogP) is 3.89. The number of ketones is 1. The van der Waals surface area contributed by atoms with Crippen LogP contribution in [0.3, 0.4) is 0 Å². The molecule has 0 atom stereocenters. The fourth-order valence-corrected chi connectivity index (χ4v) is 3.37. The van der Waals surface area contributed by atoms with E-state index in [2.05, 4.69) is 20.4 Å². The van der Waals surface area contributed by atoms with Crippen LogP contribution in [0.15, 0.2) is 35.0 Å². The number of hydrogen-bond acceptors (Lipinski definition) is 8. The second kappa shape index (κ2) is 11.1. The number of hydrogen-bond donors (Lipinski definition) is 2. The maximum atomic E-state index is 11.7. The van der Waals surface area contributed by atoms with Crippen molar-refractivity contribution in [1.29, 1.82) is 0 Å². The Morgan fingerprint density at radius 3 is 2.54 bits per heavy atom. The number of aryl methyl sites for hydroxylation is 1. The van der Waals surface area contributed by atoms with Gasteiger partial charge < -0.3 is 19.7 Å². The molecule has 3 heterocycles. The van der Waals surface area contributed by atoms with E-state index >= 15 is 0 Å². The maximum Gasteiger partial charge on any atom is 0.490 e. The van der Waals surface area contributed by atoms with E-state index in [1.807, 2.05) is 20.0 Å². The zero-order chi connectivity index (χ0) is 25.6. The fourth-order valence-electron chi connectivity index (χ4n) is 3.37. The van der Waals surface area contributed by atoms with Crippen LogP contribution in [-0.4, -0.2) is 44.7 Å². The Morgan fingerprint density at radius 1 is 1.23 bits per heavy atom. The summed E-state index contributed by atoms with van der Waals surface area (Å²) < 4.78 is 42.8. The summed E-state index contributed by atoms with van der Waals surface area (Å²) in [6.45, 7) is 5.70. The summed E-state index contributed by atoms with van der Waals surface area (Å²) in [5, 5.41) is 14.6. The summed E-state index contributed by atoms with van der Waals surface area (Å²) in [6.07, 6.45) is -1.77. The molecule has 0 amide bonds. The number of pyridine rings is 1. The number of ether oxygens (including phenoxy) is 1. The molecule has 1 aliphatic rings. The molecule has 35 heavy (non-hydrogen) atoms. The van der Waals surface area contributed by atoms with Crippen molar-refractivity contribution < 1.29 is 37.1 Å². The Balaban J connectivity index is 0.000000429. The molecule has 0 radical (unpaired) electrons. The number of aliphatic carboxylic acids is 1. The van der Waals surface area contributed by atoms with Crippen molar-refractivity contribution in [3.63, 3.8) is 0 Å². The van der Waals surface area contributed by atoms with Gasteiger partial charge in [0.25, 0.3) is 5.89 Å². The molecule has 2 N–H and O–H groups in total. The van der Waals surface area contributed by atoms with Gasteiger partial charge in [-0.05, 0) is 55.3 Å². The van der Waals surface area contributed by atoms with Crippen LogP contribution in [0.5, 0.6) is 5.75 Å². The highest BCUT2D eigenvalue weighted by atomic mass is 19.4. The van der Waals surface area contributed by atoms with Gasteiger partial charge in [-0.1, -0.05) is 12.1 Å². The van der Waals surface area contributed by atoms with E-state index in [1.54, 1.807) is 24.3 Å². The number of halogens is 3. The first-order chi connectivity index (χ1) is 16.6. The van der Waals surface area contributed by atoms with E-state index in [9.17, 15) is 18.0 Å². The average molecular weight is 492 g/mol. The highest BCUT2D eigenvalue weighted by Gasteiger charge is 2.38. The van der Waals surface area contributed by atoms with E-state index in [-0.39, 0.29) is 12.4 Å². The number of nitrogens with one attached hydrogen (secondary N) is 1. The standard InChI is InChI=1S/C21H22N4O3.C2HF3O2/c1-3-18(26)14-4-6-16(7-5-14)27-12-19-24-21(25-28-19)20-13(2)23-11-15-10-22-9-8-17(15)20;3-2(4,5)1(6)7/h4-7,11,22H,3,8-10,12H2,1-2H3;(H,6,7). The molecule has 0 fully saturated rings. The number of carbonyl (C=O) groups excluding carboxylic acids is 1. The second-order valence-electron chi connectivity index (χ2n) is 7.55. The third kappa shape index (κ3) is 6.63. The average Bonchev–Trinajstić information content (AvgIpc) is 3.30. The van der Waals surface area contributed by atoms with E-state index in [0.717, 1.165) is 30.8 Å². The number of fused-ring (bicyclic) bond motifs is 1. The number of rotatable bonds is 6. The van der Waals surface area contributed by atoms with Crippen LogP contribution >= 0.6 is 0 Å². The number of carboxylic acids is 1. The van der Waals surface area contributed by atoms with Gasteiger partial charge in [0.05, 0.1) is 0 Å². The summed E-state index contributed by atoms with van der Waals surface area (Å²) in [5.41, 5.74) is 4.94. The van der Waals surface area contributed by atoms with Crippen LogP contribution in [0.1, 0.15) is 46.4 Å². The van der Waals surface area contributed by atoms with Crippen LogP contribution < -0.4 is 10.1 Å². The van der Waals surface area contributed by atoms with Gasteiger partial charge in [0.15, 0.2) is 12.4 Å². The quantitative estimate of drug-likeness (QED) is 0.493. The van der Waals surface area contributed by atoms with Crippen LogP contribution in [0.25, 0.3) is 11.4 Å². The zero-order valence-electron chi connectivity index (χ0n) is 19.0. The molecule has 0 aliphatic carbocycles. The molecular weight excluding hydrogens is 469 g/mol. The Labute approximate surface area is 198 Å². The molecule has 0 spiro atoms. The lowest BCUT2D eigenvalue weighted by molar-refractivity contribution is -0.192. The van der Waals surface area contributed by atoms with Crippen LogP contribution in [-0.2, 0) is 24.4 Å². The Bertz CT molecular complexity index is 1190. The van der Waals surface area contributed by atoms with Crippen LogP contribution in [0.4, 0.5) is 13.2 Å². The van der Waals surface area contributed by atoms with Gasteiger partial charge in [-0.25, -0.2) is 4.79 Å². The zero-order valence-corrected chi connectivity index (χ0v) is 19.0. The minimum absolute atomic E-state index is 0.110. The smallest absolute Gasteiger partial charge is 0.484 e. The normalized spacial score (nSPS) is 12.8. The molecule has 0 saturated carbocycles. The van der Waals surface area contributed by atoms with E-state index in [1.165, 1.54) is 11.1 Å². The summed E-state index contributed by atoms with van der Waals surface area (Å²) >= 11 is 0. The summed E-state index contributed by atoms with van der Waals surface area (Å²) in [5.74, 6) is -1.06. The first-order valence-electron chi connectivity index (χ1n) is 10.7. The molecule has 186 valence electrons. The molecule has 0 unspecified atom stereocenters. The SMILES string of the molecule is CCC(=O)c1ccc(OCc2nc(-c3c(C)ncc4c3CCNC4)no2)cc1.O=C(O)C(F)(F)F. The largest absolute Gasteiger partial charge is 0.490 e. The van der Waals surface area contributed by atoms with Gasteiger partial charge in [-0.2, -0.15) is 18.2 Å². The summed E-state index contributed by atoms with van der Waals surface area (Å²) in [7, 11) is 0. The summed E-state index contributed by atoms with van der Waals surface area (Å²) in [4.78, 5) is 29.6. The van der Waals surface area contributed by atoms with Gasteiger partial charge in [0, 0.05) is 36.0 Å². The van der Waals surface area contributed by atoms with Crippen molar-refractivity contribution in [2.75, 3.05) is 6.54 Å². The van der Waals surface area contributed by atoms with Gasteiger partial charge in [0.2, 0.25) is 5.82 Å². The van der Waals surface area contributed by atoms with E-state index < -0.39 is 12.1 Å². The van der Waals surface area contributed by atoms with Crippen molar-refractivity contribution in [2.45, 2.75) is 46.0 Å². The Hall–Kier alpha value is -3.80. The molecule has 12 heteroatoms. The first-order valence-corrected chi connectivity index (χ1v) is 10.7.